The summed E-state index contributed by atoms with van der Waals surface area (Å²) in [5.74, 6) is 0.753. The number of ether oxygens (including phenoxy) is 1. The lowest BCUT2D eigenvalue weighted by Gasteiger charge is -2.35. The molecule has 0 radical (unpaired) electrons. The van der Waals surface area contributed by atoms with E-state index in [1.807, 2.05) is 36.4 Å². The number of anilines is 1. The van der Waals surface area contributed by atoms with Crippen LogP contribution in [0.15, 0.2) is 48.5 Å². The van der Waals surface area contributed by atoms with Gasteiger partial charge in [0, 0.05) is 0 Å². The van der Waals surface area contributed by atoms with Crippen LogP contribution in [0.4, 0.5) is 5.69 Å². The molecule has 2 aromatic carbocycles. The van der Waals surface area contributed by atoms with Crippen molar-refractivity contribution in [2.45, 2.75) is 25.5 Å². The van der Waals surface area contributed by atoms with E-state index in [2.05, 4.69) is 24.4 Å². The topological polar surface area (TPSA) is 21.3 Å². The molecule has 2 aromatic rings. The maximum Gasteiger partial charge on any atom is 0.162 e. The fraction of sp³-hybridized carbons (Fsp3) is 0.250. The number of rotatable bonds is 2. The van der Waals surface area contributed by atoms with Crippen molar-refractivity contribution < 1.29 is 4.74 Å². The average Bonchev–Trinajstić information content (AvgIpc) is 2.47. The lowest BCUT2D eigenvalue weighted by atomic mass is 9.98. The Morgan fingerprint density at radius 2 is 1.89 bits per heavy atom. The zero-order chi connectivity index (χ0) is 13.2. The van der Waals surface area contributed by atoms with Gasteiger partial charge in [0.2, 0.25) is 0 Å². The Bertz CT molecular complexity index is 570. The summed E-state index contributed by atoms with van der Waals surface area (Å²) in [5.41, 5.74) is 2.15. The minimum atomic E-state index is -0.00130. The second kappa shape index (κ2) is 5.14. The van der Waals surface area contributed by atoms with E-state index >= 15 is 0 Å². The zero-order valence-corrected chi connectivity index (χ0v) is 11.5. The van der Waals surface area contributed by atoms with Gasteiger partial charge in [0.1, 0.15) is 6.10 Å². The van der Waals surface area contributed by atoms with E-state index in [0.717, 1.165) is 17.9 Å². The molecule has 0 saturated heterocycles. The van der Waals surface area contributed by atoms with E-state index in [1.54, 1.807) is 0 Å². The van der Waals surface area contributed by atoms with E-state index in [4.69, 9.17) is 16.3 Å². The molecule has 1 heterocycles. The molecule has 1 N–H and O–H groups in total. The molecule has 2 atom stereocenters. The summed E-state index contributed by atoms with van der Waals surface area (Å²) in [4.78, 5) is 0. The summed E-state index contributed by atoms with van der Waals surface area (Å²) in [6.07, 6.45) is 0.990. The van der Waals surface area contributed by atoms with Gasteiger partial charge < -0.3 is 10.1 Å². The van der Waals surface area contributed by atoms with Crippen LogP contribution in [0.3, 0.4) is 0 Å². The van der Waals surface area contributed by atoms with Crippen LogP contribution < -0.4 is 10.1 Å². The highest BCUT2D eigenvalue weighted by molar-refractivity contribution is 6.32. The first-order valence-electron chi connectivity index (χ1n) is 6.56. The summed E-state index contributed by atoms with van der Waals surface area (Å²) in [6.45, 7) is 2.16. The normalized spacial score (nSPS) is 21.2. The molecule has 98 valence electrons. The Morgan fingerprint density at radius 1 is 1.11 bits per heavy atom. The fourth-order valence-electron chi connectivity index (χ4n) is 2.49. The standard InChI is InChI=1S/C16H16ClNO/c1-2-13-15(11-7-4-3-5-8-11)19-16-12(17)9-6-10-14(16)18-13/h3-10,13,15,18H,2H2,1H3. The van der Waals surface area contributed by atoms with Crippen molar-refractivity contribution in [1.29, 1.82) is 0 Å². The molecule has 2 nitrogen and oxygen atoms in total. The average molecular weight is 274 g/mol. The van der Waals surface area contributed by atoms with Crippen LogP contribution in [-0.2, 0) is 0 Å². The molecule has 2 unspecified atom stereocenters. The predicted molar refractivity (Wildman–Crippen MR) is 79.0 cm³/mol. The zero-order valence-electron chi connectivity index (χ0n) is 10.8. The van der Waals surface area contributed by atoms with Gasteiger partial charge in [-0.2, -0.15) is 0 Å². The molecule has 19 heavy (non-hydrogen) atoms. The summed E-state index contributed by atoms with van der Waals surface area (Å²) < 4.78 is 6.16. The molecular weight excluding hydrogens is 258 g/mol. The Kier molecular flexibility index (Phi) is 3.34. The molecule has 0 spiro atoms. The maximum absolute atomic E-state index is 6.22. The van der Waals surface area contributed by atoms with E-state index in [-0.39, 0.29) is 12.1 Å². The van der Waals surface area contributed by atoms with Gasteiger partial charge >= 0.3 is 0 Å². The third-order valence-corrected chi connectivity index (χ3v) is 3.78. The van der Waals surface area contributed by atoms with Crippen molar-refractivity contribution in [3.63, 3.8) is 0 Å². The first kappa shape index (κ1) is 12.4. The van der Waals surface area contributed by atoms with Gasteiger partial charge in [-0.1, -0.05) is 54.9 Å². The lowest BCUT2D eigenvalue weighted by molar-refractivity contribution is 0.169. The van der Waals surface area contributed by atoms with E-state index in [1.165, 1.54) is 5.56 Å². The van der Waals surface area contributed by atoms with Gasteiger partial charge in [0.15, 0.2) is 5.75 Å². The first-order chi connectivity index (χ1) is 9.29. The summed E-state index contributed by atoms with van der Waals surface area (Å²) >= 11 is 6.22. The van der Waals surface area contributed by atoms with E-state index < -0.39 is 0 Å². The highest BCUT2D eigenvalue weighted by atomic mass is 35.5. The minimum Gasteiger partial charge on any atom is -0.480 e. The fourth-order valence-corrected chi connectivity index (χ4v) is 2.71. The molecule has 1 aliphatic heterocycles. The first-order valence-corrected chi connectivity index (χ1v) is 6.94. The molecule has 0 aliphatic carbocycles. The van der Waals surface area contributed by atoms with Crippen LogP contribution in [0.2, 0.25) is 5.02 Å². The van der Waals surface area contributed by atoms with Crippen LogP contribution in [0, 0.1) is 0 Å². The summed E-state index contributed by atoms with van der Waals surface area (Å²) in [7, 11) is 0. The van der Waals surface area contributed by atoms with Crippen molar-refractivity contribution >= 4 is 17.3 Å². The van der Waals surface area contributed by atoms with Crippen molar-refractivity contribution in [1.82, 2.24) is 0 Å². The van der Waals surface area contributed by atoms with Crippen LogP contribution >= 0.6 is 11.6 Å². The van der Waals surface area contributed by atoms with Gasteiger partial charge in [-0.3, -0.25) is 0 Å². The monoisotopic (exact) mass is 273 g/mol. The summed E-state index contributed by atoms with van der Waals surface area (Å²) in [5, 5.41) is 4.18. The smallest absolute Gasteiger partial charge is 0.162 e. The number of hydrogen-bond donors (Lipinski definition) is 1. The van der Waals surface area contributed by atoms with Crippen LogP contribution in [0.25, 0.3) is 0 Å². The molecule has 1 aliphatic rings. The van der Waals surface area contributed by atoms with Crippen LogP contribution in [-0.4, -0.2) is 6.04 Å². The largest absolute Gasteiger partial charge is 0.480 e. The number of nitrogens with one attached hydrogen (secondary N) is 1. The van der Waals surface area contributed by atoms with Crippen LogP contribution in [0.5, 0.6) is 5.75 Å². The Morgan fingerprint density at radius 3 is 2.63 bits per heavy atom. The number of para-hydroxylation sites is 1. The Hall–Kier alpha value is -1.67. The molecule has 0 aromatic heterocycles. The van der Waals surface area contributed by atoms with Gasteiger partial charge in [0.25, 0.3) is 0 Å². The molecular formula is C16H16ClNO. The SMILES string of the molecule is CCC1Nc2cccc(Cl)c2OC1c1ccccc1. The van der Waals surface area contributed by atoms with Gasteiger partial charge in [0.05, 0.1) is 16.8 Å². The quantitative estimate of drug-likeness (QED) is 0.859. The van der Waals surface area contributed by atoms with Crippen molar-refractivity contribution in [2.24, 2.45) is 0 Å². The maximum atomic E-state index is 6.22. The number of hydrogen-bond acceptors (Lipinski definition) is 2. The molecule has 0 bridgehead atoms. The van der Waals surface area contributed by atoms with Crippen LogP contribution in [0.1, 0.15) is 25.0 Å². The van der Waals surface area contributed by atoms with Crippen molar-refractivity contribution in [3.8, 4) is 5.75 Å². The second-order valence-corrected chi connectivity index (χ2v) is 5.13. The van der Waals surface area contributed by atoms with Gasteiger partial charge in [-0.25, -0.2) is 0 Å². The molecule has 3 rings (SSSR count). The van der Waals surface area contributed by atoms with Crippen molar-refractivity contribution in [2.75, 3.05) is 5.32 Å². The van der Waals surface area contributed by atoms with Gasteiger partial charge in [-0.05, 0) is 24.1 Å². The number of halogens is 1. The predicted octanol–water partition coefficient (Wildman–Crippen LogP) is 4.66. The second-order valence-electron chi connectivity index (χ2n) is 4.72. The highest BCUT2D eigenvalue weighted by Gasteiger charge is 2.30. The van der Waals surface area contributed by atoms with Gasteiger partial charge in [-0.15, -0.1) is 0 Å². The molecule has 0 fully saturated rings. The third kappa shape index (κ3) is 2.28. The van der Waals surface area contributed by atoms with E-state index in [0.29, 0.717) is 5.02 Å². The lowest BCUT2D eigenvalue weighted by Crippen LogP contribution is -2.34. The number of fused-ring (bicyclic) bond motifs is 1. The third-order valence-electron chi connectivity index (χ3n) is 3.49. The molecule has 0 saturated carbocycles. The van der Waals surface area contributed by atoms with Crippen molar-refractivity contribution in [3.05, 3.63) is 59.1 Å². The Balaban J connectivity index is 2.00. The summed E-state index contributed by atoms with van der Waals surface area (Å²) in [6, 6.07) is 16.3. The molecule has 3 heteroatoms. The highest BCUT2D eigenvalue weighted by Crippen LogP contribution is 2.42. The Labute approximate surface area is 118 Å². The minimum absolute atomic E-state index is 0.00130. The molecule has 0 amide bonds. The number of benzene rings is 2. The van der Waals surface area contributed by atoms with E-state index in [9.17, 15) is 0 Å².